The van der Waals surface area contributed by atoms with Crippen LogP contribution in [0, 0.1) is 0 Å². The summed E-state index contributed by atoms with van der Waals surface area (Å²) in [5.41, 5.74) is 0.839. The van der Waals surface area contributed by atoms with Crippen molar-refractivity contribution in [2.45, 2.75) is 45.6 Å². The first-order valence-corrected chi connectivity index (χ1v) is 7.69. The van der Waals surface area contributed by atoms with Crippen LogP contribution in [0.25, 0.3) is 0 Å². The van der Waals surface area contributed by atoms with Crippen molar-refractivity contribution in [2.75, 3.05) is 13.7 Å². The van der Waals surface area contributed by atoms with E-state index in [2.05, 4.69) is 5.32 Å². The van der Waals surface area contributed by atoms with Gasteiger partial charge in [0.05, 0.1) is 20.1 Å². The molecule has 122 valence electrons. The molecule has 0 aliphatic heterocycles. The number of rotatable bonds is 9. The number of methoxy groups -OCH3 is 1. The average molecular weight is 307 g/mol. The maximum absolute atomic E-state index is 12.1. The fraction of sp³-hybridized carbons (Fsp3) is 0.529. The van der Waals surface area contributed by atoms with Crippen LogP contribution in [0.1, 0.15) is 38.7 Å². The summed E-state index contributed by atoms with van der Waals surface area (Å²) in [5, 5.41) is 2.73. The third-order valence-electron chi connectivity index (χ3n) is 3.27. The molecule has 0 fully saturated rings. The highest BCUT2D eigenvalue weighted by Gasteiger charge is 2.20. The molecule has 0 saturated carbocycles. The van der Waals surface area contributed by atoms with Gasteiger partial charge in [-0.25, -0.2) is 4.79 Å². The Kier molecular flexibility index (Phi) is 8.04. The van der Waals surface area contributed by atoms with Crippen molar-refractivity contribution in [3.05, 3.63) is 29.8 Å². The number of carbonyl (C=O) groups excluding carboxylic acids is 2. The smallest absolute Gasteiger partial charge is 0.328 e. The molecule has 1 unspecified atom stereocenters. The number of unbranched alkanes of at least 4 members (excludes halogenated alkanes) is 1. The summed E-state index contributed by atoms with van der Waals surface area (Å²) in [6.07, 6.45) is 2.51. The Labute approximate surface area is 132 Å². The first-order valence-electron chi connectivity index (χ1n) is 7.69. The van der Waals surface area contributed by atoms with Crippen LogP contribution in [0.5, 0.6) is 5.75 Å². The standard InChI is InChI=1S/C17H25NO4/c1-4-6-10-22-17(20)15(5-2)18-16(19)12-13-8-7-9-14(11-13)21-3/h7-9,11,15H,4-6,10,12H2,1-3H3,(H,18,19). The molecule has 0 spiro atoms. The first kappa shape index (κ1) is 18.0. The summed E-state index contributed by atoms with van der Waals surface area (Å²) in [5.74, 6) is 0.138. The molecule has 0 aliphatic carbocycles. The maximum Gasteiger partial charge on any atom is 0.328 e. The van der Waals surface area contributed by atoms with Gasteiger partial charge in [0.1, 0.15) is 11.8 Å². The van der Waals surface area contributed by atoms with Gasteiger partial charge in [0, 0.05) is 0 Å². The number of benzene rings is 1. The zero-order valence-corrected chi connectivity index (χ0v) is 13.6. The van der Waals surface area contributed by atoms with E-state index in [0.29, 0.717) is 18.8 Å². The molecule has 5 heteroatoms. The average Bonchev–Trinajstić information content (AvgIpc) is 2.52. The lowest BCUT2D eigenvalue weighted by Gasteiger charge is -2.16. The lowest BCUT2D eigenvalue weighted by molar-refractivity contribution is -0.148. The topological polar surface area (TPSA) is 64.6 Å². The minimum atomic E-state index is -0.588. The minimum Gasteiger partial charge on any atom is -0.497 e. The highest BCUT2D eigenvalue weighted by atomic mass is 16.5. The molecule has 0 heterocycles. The van der Waals surface area contributed by atoms with E-state index in [9.17, 15) is 9.59 Å². The Morgan fingerprint density at radius 2 is 2.05 bits per heavy atom. The summed E-state index contributed by atoms with van der Waals surface area (Å²) in [4.78, 5) is 23.9. The molecule has 1 aromatic rings. The van der Waals surface area contributed by atoms with Gasteiger partial charge in [0.2, 0.25) is 5.91 Å². The van der Waals surface area contributed by atoms with Crippen LogP contribution >= 0.6 is 0 Å². The predicted octanol–water partition coefficient (Wildman–Crippen LogP) is 2.48. The Morgan fingerprint density at radius 1 is 1.27 bits per heavy atom. The van der Waals surface area contributed by atoms with Gasteiger partial charge < -0.3 is 14.8 Å². The number of nitrogens with one attached hydrogen (secondary N) is 1. The van der Waals surface area contributed by atoms with Crippen molar-refractivity contribution in [1.29, 1.82) is 0 Å². The largest absolute Gasteiger partial charge is 0.497 e. The monoisotopic (exact) mass is 307 g/mol. The van der Waals surface area contributed by atoms with E-state index in [1.54, 1.807) is 13.2 Å². The van der Waals surface area contributed by atoms with Gasteiger partial charge in [-0.1, -0.05) is 32.4 Å². The quantitative estimate of drug-likeness (QED) is 0.562. The summed E-state index contributed by atoms with van der Waals surface area (Å²) < 4.78 is 10.3. The summed E-state index contributed by atoms with van der Waals surface area (Å²) in [6, 6.07) is 6.72. The number of hydrogen-bond acceptors (Lipinski definition) is 4. The summed E-state index contributed by atoms with van der Waals surface area (Å²) >= 11 is 0. The number of ether oxygens (including phenoxy) is 2. The van der Waals surface area contributed by atoms with Crippen molar-refractivity contribution in [3.8, 4) is 5.75 Å². The molecule has 1 N–H and O–H groups in total. The lowest BCUT2D eigenvalue weighted by Crippen LogP contribution is -2.42. The van der Waals surface area contributed by atoms with E-state index in [1.165, 1.54) is 0 Å². The van der Waals surface area contributed by atoms with Gasteiger partial charge in [0.15, 0.2) is 0 Å². The molecule has 22 heavy (non-hydrogen) atoms. The second kappa shape index (κ2) is 9.82. The molecular weight excluding hydrogens is 282 g/mol. The Morgan fingerprint density at radius 3 is 2.68 bits per heavy atom. The highest BCUT2D eigenvalue weighted by Crippen LogP contribution is 2.13. The van der Waals surface area contributed by atoms with Gasteiger partial charge in [-0.2, -0.15) is 0 Å². The van der Waals surface area contributed by atoms with Crippen molar-refractivity contribution in [2.24, 2.45) is 0 Å². The fourth-order valence-electron chi connectivity index (χ4n) is 1.96. The van der Waals surface area contributed by atoms with Crippen molar-refractivity contribution in [1.82, 2.24) is 5.32 Å². The number of carbonyl (C=O) groups is 2. The van der Waals surface area contributed by atoms with Crippen molar-refractivity contribution in [3.63, 3.8) is 0 Å². The van der Waals surface area contributed by atoms with Crippen LogP contribution in [-0.2, 0) is 20.7 Å². The van der Waals surface area contributed by atoms with Gasteiger partial charge in [-0.15, -0.1) is 0 Å². The van der Waals surface area contributed by atoms with E-state index in [1.807, 2.05) is 32.0 Å². The van der Waals surface area contributed by atoms with Gasteiger partial charge >= 0.3 is 5.97 Å². The summed E-state index contributed by atoms with van der Waals surface area (Å²) in [6.45, 7) is 4.27. The molecule has 0 bridgehead atoms. The van der Waals surface area contributed by atoms with E-state index < -0.39 is 6.04 Å². The van der Waals surface area contributed by atoms with E-state index in [0.717, 1.165) is 18.4 Å². The van der Waals surface area contributed by atoms with Crippen LogP contribution in [0.4, 0.5) is 0 Å². The first-order chi connectivity index (χ1) is 10.6. The van der Waals surface area contributed by atoms with E-state index in [4.69, 9.17) is 9.47 Å². The molecule has 1 atom stereocenters. The maximum atomic E-state index is 12.1. The number of amides is 1. The van der Waals surface area contributed by atoms with Crippen LogP contribution in [0.15, 0.2) is 24.3 Å². The van der Waals surface area contributed by atoms with Crippen molar-refractivity contribution >= 4 is 11.9 Å². The Bertz CT molecular complexity index is 487. The van der Waals surface area contributed by atoms with Crippen LogP contribution in [0.2, 0.25) is 0 Å². The molecule has 0 radical (unpaired) electrons. The Balaban J connectivity index is 2.51. The zero-order valence-electron chi connectivity index (χ0n) is 13.6. The third kappa shape index (κ3) is 6.16. The lowest BCUT2D eigenvalue weighted by atomic mass is 10.1. The van der Waals surface area contributed by atoms with Crippen LogP contribution in [0.3, 0.4) is 0 Å². The molecule has 0 saturated heterocycles. The number of esters is 1. The van der Waals surface area contributed by atoms with E-state index in [-0.39, 0.29) is 18.3 Å². The molecule has 1 amide bonds. The van der Waals surface area contributed by atoms with Gasteiger partial charge in [0.25, 0.3) is 0 Å². The fourth-order valence-corrected chi connectivity index (χ4v) is 1.96. The normalized spacial score (nSPS) is 11.6. The highest BCUT2D eigenvalue weighted by molar-refractivity contribution is 5.85. The third-order valence-corrected chi connectivity index (χ3v) is 3.27. The minimum absolute atomic E-state index is 0.201. The van der Waals surface area contributed by atoms with Crippen LogP contribution in [-0.4, -0.2) is 31.6 Å². The second-order valence-electron chi connectivity index (χ2n) is 5.08. The van der Waals surface area contributed by atoms with Crippen molar-refractivity contribution < 1.29 is 19.1 Å². The molecule has 5 nitrogen and oxygen atoms in total. The summed E-state index contributed by atoms with van der Waals surface area (Å²) in [7, 11) is 1.58. The molecule has 0 aliphatic rings. The SMILES string of the molecule is CCCCOC(=O)C(CC)NC(=O)Cc1cccc(OC)c1. The van der Waals surface area contributed by atoms with Gasteiger partial charge in [-0.3, -0.25) is 4.79 Å². The van der Waals surface area contributed by atoms with Crippen LogP contribution < -0.4 is 10.1 Å². The second-order valence-corrected chi connectivity index (χ2v) is 5.08. The number of hydrogen-bond donors (Lipinski definition) is 1. The molecule has 1 rings (SSSR count). The van der Waals surface area contributed by atoms with E-state index >= 15 is 0 Å². The molecular formula is C17H25NO4. The predicted molar refractivity (Wildman–Crippen MR) is 84.8 cm³/mol. The molecule has 0 aromatic heterocycles. The zero-order chi connectivity index (χ0) is 16.4. The molecule has 1 aromatic carbocycles. The van der Waals surface area contributed by atoms with Gasteiger partial charge in [-0.05, 0) is 30.5 Å². The Hall–Kier alpha value is -2.04.